The minimum absolute atomic E-state index is 0.229. The number of nitrogens with one attached hydrogen (secondary N) is 1. The molecule has 4 heterocycles. The maximum absolute atomic E-state index is 14.2. The molecule has 0 saturated carbocycles. The number of aromatic nitrogens is 7. The maximum atomic E-state index is 14.2. The molecule has 4 aromatic heterocycles. The van der Waals surface area contributed by atoms with Crippen LogP contribution in [0.2, 0.25) is 0 Å². The number of para-hydroxylation sites is 1. The van der Waals surface area contributed by atoms with Crippen LogP contribution in [0.15, 0.2) is 84.2 Å². The van der Waals surface area contributed by atoms with Gasteiger partial charge < -0.3 is 5.32 Å². The Labute approximate surface area is 229 Å². The summed E-state index contributed by atoms with van der Waals surface area (Å²) >= 11 is 0. The molecule has 40 heavy (non-hydrogen) atoms. The summed E-state index contributed by atoms with van der Waals surface area (Å²) in [5.74, 6) is 0.0633. The van der Waals surface area contributed by atoms with E-state index in [0.29, 0.717) is 39.3 Å². The van der Waals surface area contributed by atoms with Crippen LogP contribution >= 0.6 is 0 Å². The Kier molecular flexibility index (Phi) is 6.27. The summed E-state index contributed by atoms with van der Waals surface area (Å²) in [5, 5.41) is 12.1. The lowest BCUT2D eigenvalue weighted by Crippen LogP contribution is -2.33. The van der Waals surface area contributed by atoms with Gasteiger partial charge in [0.05, 0.1) is 34.5 Å². The predicted octanol–water partition coefficient (Wildman–Crippen LogP) is 4.13. The molecule has 1 amide bonds. The average Bonchev–Trinajstić information content (AvgIpc) is 3.53. The second-order valence-electron chi connectivity index (χ2n) is 9.51. The minimum atomic E-state index is -0.613. The number of amides is 1. The number of benzene rings is 2. The van der Waals surface area contributed by atoms with Gasteiger partial charge in [-0.1, -0.05) is 42.5 Å². The van der Waals surface area contributed by atoms with Crippen LogP contribution in [0.4, 0.5) is 0 Å². The van der Waals surface area contributed by atoms with Crippen molar-refractivity contribution in [1.82, 2.24) is 39.2 Å². The Morgan fingerprint density at radius 1 is 1.05 bits per heavy atom. The summed E-state index contributed by atoms with van der Waals surface area (Å²) in [5.41, 5.74) is 4.01. The summed E-state index contributed by atoms with van der Waals surface area (Å²) < 4.78 is 4.86. The van der Waals surface area contributed by atoms with Gasteiger partial charge in [0, 0.05) is 31.2 Å². The molecule has 0 saturated heterocycles. The quantitative estimate of drug-likeness (QED) is 0.347. The molecular weight excluding hydrogens is 504 g/mol. The van der Waals surface area contributed by atoms with Gasteiger partial charge in [0.25, 0.3) is 11.5 Å². The van der Waals surface area contributed by atoms with Gasteiger partial charge in [-0.25, -0.2) is 14.5 Å². The Hall–Kier alpha value is -5.38. The van der Waals surface area contributed by atoms with Crippen LogP contribution in [0.1, 0.15) is 46.0 Å². The van der Waals surface area contributed by atoms with Gasteiger partial charge in [-0.3, -0.25) is 18.8 Å². The van der Waals surface area contributed by atoms with Crippen molar-refractivity contribution < 1.29 is 4.79 Å². The smallest absolute Gasteiger partial charge is 0.266 e. The number of aryl methyl sites for hydroxylation is 2. The van der Waals surface area contributed by atoms with Crippen molar-refractivity contribution in [3.05, 3.63) is 118 Å². The second-order valence-corrected chi connectivity index (χ2v) is 9.51. The normalized spacial score (nSPS) is 12.4. The van der Waals surface area contributed by atoms with Crippen molar-refractivity contribution in [3.8, 4) is 5.69 Å². The molecule has 10 heteroatoms. The van der Waals surface area contributed by atoms with Crippen molar-refractivity contribution in [3.63, 3.8) is 0 Å². The lowest BCUT2D eigenvalue weighted by molar-refractivity contribution is 0.0938. The molecule has 0 aliphatic rings. The van der Waals surface area contributed by atoms with E-state index in [-0.39, 0.29) is 11.5 Å². The van der Waals surface area contributed by atoms with E-state index in [9.17, 15) is 9.59 Å². The molecule has 6 rings (SSSR count). The lowest BCUT2D eigenvalue weighted by atomic mass is 10.1. The van der Waals surface area contributed by atoms with Gasteiger partial charge in [-0.15, -0.1) is 0 Å². The van der Waals surface area contributed by atoms with Crippen LogP contribution in [-0.2, 0) is 7.05 Å². The van der Waals surface area contributed by atoms with E-state index in [2.05, 4.69) is 20.5 Å². The first-order chi connectivity index (χ1) is 19.4. The predicted molar refractivity (Wildman–Crippen MR) is 153 cm³/mol. The second kappa shape index (κ2) is 10.1. The average molecular weight is 531 g/mol. The van der Waals surface area contributed by atoms with Gasteiger partial charge in [0.1, 0.15) is 11.4 Å². The summed E-state index contributed by atoms with van der Waals surface area (Å²) in [6.45, 7) is 3.58. The van der Waals surface area contributed by atoms with E-state index in [4.69, 9.17) is 4.98 Å². The van der Waals surface area contributed by atoms with Crippen molar-refractivity contribution in [2.24, 2.45) is 7.05 Å². The third kappa shape index (κ3) is 4.45. The Morgan fingerprint density at radius 3 is 2.65 bits per heavy atom. The highest BCUT2D eigenvalue weighted by Gasteiger charge is 2.24. The minimum Gasteiger partial charge on any atom is -0.342 e. The van der Waals surface area contributed by atoms with Crippen LogP contribution in [0, 0.1) is 6.92 Å². The number of hydrogen-bond donors (Lipinski definition) is 1. The molecule has 1 unspecified atom stereocenters. The summed E-state index contributed by atoms with van der Waals surface area (Å²) in [6.07, 6.45) is 10.8. The highest BCUT2D eigenvalue weighted by Crippen LogP contribution is 2.23. The van der Waals surface area contributed by atoms with Crippen molar-refractivity contribution in [1.29, 1.82) is 0 Å². The zero-order chi connectivity index (χ0) is 27.8. The number of carbonyl (C=O) groups is 1. The fraction of sp³-hybridized carbons (Fsp3) is 0.133. The Bertz CT molecular complexity index is 1970. The fourth-order valence-electron chi connectivity index (χ4n) is 4.84. The van der Waals surface area contributed by atoms with Crippen LogP contribution < -0.4 is 10.9 Å². The van der Waals surface area contributed by atoms with Gasteiger partial charge in [0.2, 0.25) is 0 Å². The molecule has 0 radical (unpaired) electrons. The number of fused-ring (bicyclic) bond motifs is 2. The zero-order valence-corrected chi connectivity index (χ0v) is 22.2. The summed E-state index contributed by atoms with van der Waals surface area (Å²) in [4.78, 5) is 36.9. The van der Waals surface area contributed by atoms with Crippen molar-refractivity contribution in [2.45, 2.75) is 19.9 Å². The summed E-state index contributed by atoms with van der Waals surface area (Å²) in [7, 11) is 1.85. The van der Waals surface area contributed by atoms with Gasteiger partial charge in [0.15, 0.2) is 5.65 Å². The van der Waals surface area contributed by atoms with E-state index in [1.165, 1.54) is 0 Å². The topological polar surface area (TPSA) is 112 Å². The molecule has 0 spiro atoms. The molecule has 10 nitrogen and oxygen atoms in total. The monoisotopic (exact) mass is 530 g/mol. The molecule has 0 aliphatic carbocycles. The van der Waals surface area contributed by atoms with E-state index in [1.807, 2.05) is 80.9 Å². The third-order valence-electron chi connectivity index (χ3n) is 6.68. The summed E-state index contributed by atoms with van der Waals surface area (Å²) in [6, 6.07) is 16.0. The van der Waals surface area contributed by atoms with Gasteiger partial charge >= 0.3 is 0 Å². The van der Waals surface area contributed by atoms with Crippen LogP contribution in [0.5, 0.6) is 0 Å². The number of nitrogens with zero attached hydrogens (tertiary/aromatic N) is 7. The maximum Gasteiger partial charge on any atom is 0.266 e. The first-order valence-electron chi connectivity index (χ1n) is 12.8. The number of carbonyl (C=O) groups excluding carboxylic acids is 1. The molecule has 198 valence electrons. The molecule has 0 aliphatic heterocycles. The van der Waals surface area contributed by atoms with E-state index in [1.54, 1.807) is 45.3 Å². The molecule has 1 atom stereocenters. The number of rotatable bonds is 6. The fourth-order valence-corrected chi connectivity index (χ4v) is 4.84. The molecule has 2 aromatic carbocycles. The SMILES string of the molecule is Cc1nn2cccnc2c1C(=O)NC(C)c1nc2cccc(/C=C\c3cnn(C)c3)c2c(=O)n1-c1ccccc1. The molecule has 1 N–H and O–H groups in total. The largest absolute Gasteiger partial charge is 0.342 e. The van der Waals surface area contributed by atoms with Gasteiger partial charge in [-0.2, -0.15) is 10.2 Å². The van der Waals surface area contributed by atoms with Crippen LogP contribution in [-0.4, -0.2) is 39.8 Å². The van der Waals surface area contributed by atoms with Crippen molar-refractivity contribution in [2.75, 3.05) is 0 Å². The highest BCUT2D eigenvalue weighted by atomic mass is 16.2. The third-order valence-corrected chi connectivity index (χ3v) is 6.68. The first-order valence-corrected chi connectivity index (χ1v) is 12.8. The van der Waals surface area contributed by atoms with Gasteiger partial charge in [-0.05, 0) is 43.7 Å². The number of hydrogen-bond acceptors (Lipinski definition) is 6. The standard InChI is InChI=1S/C30H26N8O2/c1-19-25(28-31-15-8-16-37(28)35-19)29(39)33-20(2)27-34-24-12-7-9-22(14-13-21-17-32-36(3)18-21)26(24)30(40)38(27)23-10-5-4-6-11-23/h4-18,20H,1-3H3,(H,33,39)/b14-13-. The molecule has 0 bridgehead atoms. The lowest BCUT2D eigenvalue weighted by Gasteiger charge is -2.20. The molecule has 6 aromatic rings. The Morgan fingerprint density at radius 2 is 1.88 bits per heavy atom. The molecule has 0 fully saturated rings. The zero-order valence-electron chi connectivity index (χ0n) is 22.2. The van der Waals surface area contributed by atoms with Crippen LogP contribution in [0.3, 0.4) is 0 Å². The highest BCUT2D eigenvalue weighted by molar-refractivity contribution is 6.01. The van der Waals surface area contributed by atoms with E-state index in [0.717, 1.165) is 11.1 Å². The van der Waals surface area contributed by atoms with E-state index >= 15 is 0 Å². The van der Waals surface area contributed by atoms with Crippen molar-refractivity contribution >= 4 is 34.6 Å². The Balaban J connectivity index is 1.46. The van der Waals surface area contributed by atoms with Crippen LogP contribution in [0.25, 0.3) is 34.4 Å². The van der Waals surface area contributed by atoms with E-state index < -0.39 is 6.04 Å². The first kappa shape index (κ1) is 24.9. The molecular formula is C30H26N8O2.